The molecular formula is C33H35NO7. The van der Waals surface area contributed by atoms with Crippen LogP contribution in [0.25, 0.3) is 0 Å². The van der Waals surface area contributed by atoms with Gasteiger partial charge < -0.3 is 34.1 Å². The molecule has 0 aromatic heterocycles. The van der Waals surface area contributed by atoms with Crippen LogP contribution < -0.4 is 9.47 Å². The molecule has 1 amide bonds. The molecule has 1 aliphatic heterocycles. The van der Waals surface area contributed by atoms with Crippen molar-refractivity contribution in [2.75, 3.05) is 20.8 Å². The predicted octanol–water partition coefficient (Wildman–Crippen LogP) is 4.51. The lowest BCUT2D eigenvalue weighted by Gasteiger charge is -2.56. The molecule has 8 nitrogen and oxygen atoms in total. The Morgan fingerprint density at radius 2 is 1.61 bits per heavy atom. The van der Waals surface area contributed by atoms with Gasteiger partial charge in [0.05, 0.1) is 26.4 Å². The van der Waals surface area contributed by atoms with Crippen molar-refractivity contribution in [3.05, 3.63) is 106 Å². The molecule has 2 aliphatic carbocycles. The molecule has 0 radical (unpaired) electrons. The Labute approximate surface area is 239 Å². The quantitative estimate of drug-likeness (QED) is 0.441. The van der Waals surface area contributed by atoms with E-state index in [0.717, 1.165) is 27.8 Å². The zero-order valence-electron chi connectivity index (χ0n) is 23.3. The van der Waals surface area contributed by atoms with Gasteiger partial charge in [0, 0.05) is 23.1 Å². The minimum Gasteiger partial charge on any atom is -0.498 e. The van der Waals surface area contributed by atoms with Gasteiger partial charge in [-0.25, -0.2) is 4.79 Å². The van der Waals surface area contributed by atoms with E-state index in [2.05, 4.69) is 0 Å². The summed E-state index contributed by atoms with van der Waals surface area (Å²) in [5.74, 6) is 1.51. The van der Waals surface area contributed by atoms with E-state index in [1.54, 1.807) is 12.0 Å². The maximum atomic E-state index is 13.5. The lowest BCUT2D eigenvalue weighted by Crippen LogP contribution is -2.61. The first kappa shape index (κ1) is 27.2. The minimum absolute atomic E-state index is 0.164. The van der Waals surface area contributed by atoms with Crippen molar-refractivity contribution in [3.63, 3.8) is 0 Å². The number of aliphatic hydroxyl groups excluding tert-OH is 2. The summed E-state index contributed by atoms with van der Waals surface area (Å²) in [6.45, 7) is 0.916. The van der Waals surface area contributed by atoms with Crippen LogP contribution in [0.5, 0.6) is 11.5 Å². The first-order valence-electron chi connectivity index (χ1n) is 14.0. The van der Waals surface area contributed by atoms with E-state index >= 15 is 0 Å². The Balaban J connectivity index is 1.43. The van der Waals surface area contributed by atoms with E-state index in [4.69, 9.17) is 18.9 Å². The van der Waals surface area contributed by atoms with Gasteiger partial charge in [-0.2, -0.15) is 0 Å². The number of likely N-dealkylation sites (tertiary alicyclic amines) is 1. The first-order chi connectivity index (χ1) is 20.0. The minimum atomic E-state index is -1.20. The summed E-state index contributed by atoms with van der Waals surface area (Å²) in [6, 6.07) is 23.0. The van der Waals surface area contributed by atoms with Gasteiger partial charge in [0.25, 0.3) is 0 Å². The second-order valence-corrected chi connectivity index (χ2v) is 10.9. The summed E-state index contributed by atoms with van der Waals surface area (Å²) in [5, 5.41) is 22.2. The molecular weight excluding hydrogens is 522 g/mol. The zero-order valence-corrected chi connectivity index (χ0v) is 23.3. The fourth-order valence-corrected chi connectivity index (χ4v) is 6.86. The molecule has 1 saturated heterocycles. The number of carbonyl (C=O) groups excluding carboxylic acids is 1. The fourth-order valence-electron chi connectivity index (χ4n) is 6.86. The van der Waals surface area contributed by atoms with Gasteiger partial charge in [-0.15, -0.1) is 0 Å². The molecule has 2 N–H and O–H groups in total. The predicted molar refractivity (Wildman–Crippen MR) is 152 cm³/mol. The van der Waals surface area contributed by atoms with Crippen LogP contribution >= 0.6 is 0 Å². The van der Waals surface area contributed by atoms with Gasteiger partial charge in [-0.1, -0.05) is 66.7 Å². The number of nitrogens with zero attached hydrogens (tertiary/aromatic N) is 1. The normalized spacial score (nSPS) is 24.7. The summed E-state index contributed by atoms with van der Waals surface area (Å²) >= 11 is 0. The van der Waals surface area contributed by atoms with E-state index in [1.807, 2.05) is 72.8 Å². The highest BCUT2D eigenvalue weighted by atomic mass is 16.6. The van der Waals surface area contributed by atoms with E-state index < -0.39 is 29.8 Å². The molecule has 1 heterocycles. The molecule has 3 aromatic carbocycles. The molecule has 2 bridgehead atoms. The third-order valence-electron chi connectivity index (χ3n) is 8.67. The highest BCUT2D eigenvalue weighted by Crippen LogP contribution is 2.59. The number of ether oxygens (including phenoxy) is 4. The third-order valence-corrected chi connectivity index (χ3v) is 8.67. The Bertz CT molecular complexity index is 1440. The zero-order chi connectivity index (χ0) is 28.6. The molecule has 8 heteroatoms. The van der Waals surface area contributed by atoms with Crippen molar-refractivity contribution in [1.82, 2.24) is 4.90 Å². The number of amides is 1. The summed E-state index contributed by atoms with van der Waals surface area (Å²) in [7, 11) is 3.11. The maximum absolute atomic E-state index is 13.5. The maximum Gasteiger partial charge on any atom is 0.410 e. The fraction of sp³-hybridized carbons (Fsp3) is 0.364. The van der Waals surface area contributed by atoms with Crippen molar-refractivity contribution < 1.29 is 34.0 Å². The number of hydrogen-bond acceptors (Lipinski definition) is 7. The van der Waals surface area contributed by atoms with Crippen molar-refractivity contribution in [2.45, 2.75) is 56.1 Å². The molecule has 0 spiro atoms. The molecule has 3 aromatic rings. The van der Waals surface area contributed by atoms with E-state index in [1.165, 1.54) is 7.11 Å². The first-order valence-corrected chi connectivity index (χ1v) is 14.0. The van der Waals surface area contributed by atoms with Gasteiger partial charge >= 0.3 is 6.09 Å². The second-order valence-electron chi connectivity index (χ2n) is 10.9. The van der Waals surface area contributed by atoms with Gasteiger partial charge in [0.2, 0.25) is 0 Å². The number of fused-ring (bicyclic) bond motifs is 1. The topological polar surface area (TPSA) is 97.7 Å². The van der Waals surface area contributed by atoms with Crippen LogP contribution in [0.3, 0.4) is 0 Å². The van der Waals surface area contributed by atoms with Crippen LogP contribution in [0.15, 0.2) is 84.1 Å². The van der Waals surface area contributed by atoms with Crippen LogP contribution in [0.1, 0.15) is 35.1 Å². The SMILES string of the molecule is COC1=C2[C@H]3Cc4ccc(OC)c(OCc5ccccc5)c4[C@]2(CCN3C(=O)OCc2ccccc2)C[C@H](O)[C@H]1O. The lowest BCUT2D eigenvalue weighted by molar-refractivity contribution is -0.0351. The molecule has 0 saturated carbocycles. The Hall–Kier alpha value is -4.01. The highest BCUT2D eigenvalue weighted by molar-refractivity contribution is 5.72. The van der Waals surface area contributed by atoms with E-state index in [0.29, 0.717) is 43.3 Å². The van der Waals surface area contributed by atoms with Crippen molar-refractivity contribution in [3.8, 4) is 11.5 Å². The number of hydrogen-bond donors (Lipinski definition) is 2. The van der Waals surface area contributed by atoms with Crippen molar-refractivity contribution in [2.24, 2.45) is 0 Å². The summed E-state index contributed by atoms with van der Waals surface area (Å²) in [6.07, 6.45) is -1.43. The largest absolute Gasteiger partial charge is 0.498 e. The molecule has 214 valence electrons. The highest BCUT2D eigenvalue weighted by Gasteiger charge is 2.58. The van der Waals surface area contributed by atoms with E-state index in [9.17, 15) is 15.0 Å². The molecule has 3 aliphatic rings. The van der Waals surface area contributed by atoms with Gasteiger partial charge in [0.1, 0.15) is 25.1 Å². The van der Waals surface area contributed by atoms with Crippen molar-refractivity contribution >= 4 is 6.09 Å². The average Bonchev–Trinajstić information content (AvgIpc) is 3.00. The number of methoxy groups -OCH3 is 2. The number of carbonyl (C=O) groups is 1. The van der Waals surface area contributed by atoms with Gasteiger partial charge in [-0.3, -0.25) is 0 Å². The van der Waals surface area contributed by atoms with Crippen LogP contribution in [0.4, 0.5) is 4.79 Å². The van der Waals surface area contributed by atoms with E-state index in [-0.39, 0.29) is 13.0 Å². The smallest absolute Gasteiger partial charge is 0.410 e. The van der Waals surface area contributed by atoms with Crippen LogP contribution in [-0.4, -0.2) is 60.2 Å². The molecule has 1 fully saturated rings. The Morgan fingerprint density at radius 1 is 0.927 bits per heavy atom. The van der Waals surface area contributed by atoms with Crippen LogP contribution in [0.2, 0.25) is 0 Å². The Morgan fingerprint density at radius 3 is 2.27 bits per heavy atom. The van der Waals surface area contributed by atoms with Gasteiger partial charge in [0.15, 0.2) is 11.5 Å². The standard InChI is InChI=1S/C33H35NO7/c1-38-26-14-13-23-17-24-28-31(39-2)29(36)25(35)18-33(28,27(23)30(26)40-19-21-9-5-3-6-10-21)15-16-34(24)32(37)41-20-22-11-7-4-8-12-22/h3-14,24-25,29,35-36H,15-20H2,1-2H3/t24-,25+,29-,33+/m1/s1. The summed E-state index contributed by atoms with van der Waals surface area (Å²) in [4.78, 5) is 15.2. The van der Waals surface area contributed by atoms with Crippen LogP contribution in [0, 0.1) is 0 Å². The summed E-state index contributed by atoms with van der Waals surface area (Å²) in [5.41, 5.74) is 3.92. The molecule has 0 unspecified atom stereocenters. The molecule has 6 rings (SSSR count). The monoisotopic (exact) mass is 557 g/mol. The number of aliphatic hydroxyl groups is 2. The lowest BCUT2D eigenvalue weighted by atomic mass is 9.55. The second kappa shape index (κ2) is 11.1. The van der Waals surface area contributed by atoms with Crippen LogP contribution in [-0.2, 0) is 34.5 Å². The molecule has 41 heavy (non-hydrogen) atoms. The molecule has 4 atom stereocenters. The number of rotatable bonds is 7. The average molecular weight is 558 g/mol. The number of piperidine rings is 1. The third kappa shape index (κ3) is 4.71. The summed E-state index contributed by atoms with van der Waals surface area (Å²) < 4.78 is 23.8. The number of benzene rings is 3. The Kier molecular flexibility index (Phi) is 7.36. The van der Waals surface area contributed by atoms with Gasteiger partial charge in [-0.05, 0) is 42.0 Å². The van der Waals surface area contributed by atoms with Crippen molar-refractivity contribution in [1.29, 1.82) is 0 Å².